The van der Waals surface area contributed by atoms with E-state index in [2.05, 4.69) is 19.1 Å². The average molecular weight is 424 g/mol. The Hall–Kier alpha value is -2.43. The van der Waals surface area contributed by atoms with Crippen LogP contribution in [0.2, 0.25) is 5.02 Å². The maximum atomic E-state index is 12.4. The monoisotopic (exact) mass is 423 g/mol. The number of hydrogen-bond donors (Lipinski definition) is 1. The number of ether oxygens (including phenoxy) is 1. The fraction of sp³-hybridized carbons (Fsp3) is 0.360. The van der Waals surface area contributed by atoms with Crippen LogP contribution in [0.25, 0.3) is 22.0 Å². The van der Waals surface area contributed by atoms with Gasteiger partial charge in [0.15, 0.2) is 6.10 Å². The SMILES string of the molecule is CCc1ccc(-c2c(C(OC3(C)CCC3)C(=O)O)c(C)nc3ccc(Cl)cc23)cc1. The first-order chi connectivity index (χ1) is 14.3. The van der Waals surface area contributed by atoms with Crippen molar-refractivity contribution in [3.8, 4) is 11.1 Å². The minimum atomic E-state index is -1.09. The molecule has 2 aromatic carbocycles. The van der Waals surface area contributed by atoms with Crippen molar-refractivity contribution in [2.45, 2.75) is 58.2 Å². The number of pyridine rings is 1. The number of fused-ring (bicyclic) bond motifs is 1. The second kappa shape index (κ2) is 8.01. The standard InChI is InChI=1S/C25H26ClNO3/c1-4-16-6-8-17(9-7-16)22-19-14-18(26)10-11-20(19)27-15(2)21(22)23(24(28)29)30-25(3)12-5-13-25/h6-11,14,23H,4-5,12-13H2,1-3H3,(H,28,29). The first-order valence-corrected chi connectivity index (χ1v) is 10.8. The Morgan fingerprint density at radius 2 is 1.93 bits per heavy atom. The lowest BCUT2D eigenvalue weighted by atomic mass is 9.81. The van der Waals surface area contributed by atoms with E-state index in [1.165, 1.54) is 5.56 Å². The van der Waals surface area contributed by atoms with Crippen molar-refractivity contribution in [2.75, 3.05) is 0 Å². The van der Waals surface area contributed by atoms with Gasteiger partial charge in [0.05, 0.1) is 11.1 Å². The molecule has 1 aromatic heterocycles. The number of hydrogen-bond acceptors (Lipinski definition) is 3. The maximum absolute atomic E-state index is 12.4. The van der Waals surface area contributed by atoms with Crippen LogP contribution in [-0.2, 0) is 16.0 Å². The molecule has 0 spiro atoms. The minimum absolute atomic E-state index is 0.415. The second-order valence-electron chi connectivity index (χ2n) is 8.34. The highest BCUT2D eigenvalue weighted by molar-refractivity contribution is 6.31. The van der Waals surface area contributed by atoms with Crippen molar-refractivity contribution < 1.29 is 14.6 Å². The highest BCUT2D eigenvalue weighted by Gasteiger charge is 2.40. The molecule has 0 bridgehead atoms. The summed E-state index contributed by atoms with van der Waals surface area (Å²) in [5.74, 6) is -0.999. The summed E-state index contributed by atoms with van der Waals surface area (Å²) >= 11 is 6.32. The summed E-state index contributed by atoms with van der Waals surface area (Å²) in [6, 6.07) is 13.8. The van der Waals surface area contributed by atoms with Gasteiger partial charge >= 0.3 is 5.97 Å². The Morgan fingerprint density at radius 3 is 2.50 bits per heavy atom. The highest BCUT2D eigenvalue weighted by Crippen LogP contribution is 2.44. The van der Waals surface area contributed by atoms with Gasteiger partial charge < -0.3 is 9.84 Å². The van der Waals surface area contributed by atoms with Gasteiger partial charge in [-0.1, -0.05) is 42.8 Å². The quantitative estimate of drug-likeness (QED) is 0.490. The van der Waals surface area contributed by atoms with Gasteiger partial charge in [-0.3, -0.25) is 4.98 Å². The molecule has 1 atom stereocenters. The smallest absolute Gasteiger partial charge is 0.337 e. The molecule has 3 aromatic rings. The van der Waals surface area contributed by atoms with Crippen molar-refractivity contribution in [3.63, 3.8) is 0 Å². The van der Waals surface area contributed by atoms with Crippen LogP contribution in [0.4, 0.5) is 0 Å². The van der Waals surface area contributed by atoms with Gasteiger partial charge in [0, 0.05) is 21.7 Å². The first kappa shape index (κ1) is 20.8. The molecular weight excluding hydrogens is 398 g/mol. The zero-order valence-electron chi connectivity index (χ0n) is 17.5. The lowest BCUT2D eigenvalue weighted by molar-refractivity contribution is -0.174. The molecule has 0 radical (unpaired) electrons. The lowest BCUT2D eigenvalue weighted by Gasteiger charge is -2.40. The van der Waals surface area contributed by atoms with Gasteiger partial charge in [0.1, 0.15) is 0 Å². The van der Waals surface area contributed by atoms with Crippen LogP contribution in [0.15, 0.2) is 42.5 Å². The Morgan fingerprint density at radius 1 is 1.23 bits per heavy atom. The molecule has 4 rings (SSSR count). The van der Waals surface area contributed by atoms with Crippen LogP contribution in [0, 0.1) is 6.92 Å². The van der Waals surface area contributed by atoms with E-state index in [0.717, 1.165) is 47.7 Å². The van der Waals surface area contributed by atoms with Gasteiger partial charge in [0.25, 0.3) is 0 Å². The molecule has 4 nitrogen and oxygen atoms in total. The maximum Gasteiger partial charge on any atom is 0.337 e. The Bertz CT molecular complexity index is 1100. The van der Waals surface area contributed by atoms with Crippen LogP contribution < -0.4 is 0 Å². The third kappa shape index (κ3) is 3.82. The molecule has 0 aliphatic heterocycles. The number of aryl methyl sites for hydroxylation is 2. The van der Waals surface area contributed by atoms with E-state index in [1.54, 1.807) is 6.07 Å². The number of aromatic nitrogens is 1. The average Bonchev–Trinajstić information content (AvgIpc) is 2.70. The van der Waals surface area contributed by atoms with Crippen LogP contribution in [0.5, 0.6) is 0 Å². The largest absolute Gasteiger partial charge is 0.479 e. The first-order valence-electron chi connectivity index (χ1n) is 10.4. The van der Waals surface area contributed by atoms with Gasteiger partial charge in [-0.25, -0.2) is 4.79 Å². The van der Waals surface area contributed by atoms with Crippen molar-refractivity contribution in [3.05, 3.63) is 64.3 Å². The minimum Gasteiger partial charge on any atom is -0.479 e. The number of benzene rings is 2. The molecule has 156 valence electrons. The second-order valence-corrected chi connectivity index (χ2v) is 8.77. The molecule has 1 N–H and O–H groups in total. The molecule has 1 saturated carbocycles. The van der Waals surface area contributed by atoms with Crippen molar-refractivity contribution in [1.29, 1.82) is 0 Å². The van der Waals surface area contributed by atoms with Crippen molar-refractivity contribution in [1.82, 2.24) is 4.98 Å². The van der Waals surface area contributed by atoms with E-state index in [0.29, 0.717) is 16.3 Å². The van der Waals surface area contributed by atoms with E-state index in [-0.39, 0.29) is 0 Å². The predicted octanol–water partition coefficient (Wildman–Crippen LogP) is 6.51. The molecule has 5 heteroatoms. The van der Waals surface area contributed by atoms with E-state index in [4.69, 9.17) is 21.3 Å². The Labute approximate surface area is 181 Å². The number of aliphatic carboxylic acids is 1. The molecule has 1 heterocycles. The predicted molar refractivity (Wildman–Crippen MR) is 120 cm³/mol. The molecule has 1 fully saturated rings. The Balaban J connectivity index is 1.99. The molecule has 1 unspecified atom stereocenters. The van der Waals surface area contributed by atoms with E-state index in [9.17, 15) is 9.90 Å². The molecule has 1 aliphatic carbocycles. The third-order valence-electron chi connectivity index (χ3n) is 6.13. The van der Waals surface area contributed by atoms with Crippen molar-refractivity contribution in [2.24, 2.45) is 0 Å². The summed E-state index contributed by atoms with van der Waals surface area (Å²) < 4.78 is 6.22. The Kier molecular flexibility index (Phi) is 5.56. The van der Waals surface area contributed by atoms with Gasteiger partial charge in [0.2, 0.25) is 0 Å². The van der Waals surface area contributed by atoms with E-state index < -0.39 is 17.7 Å². The van der Waals surface area contributed by atoms with Crippen LogP contribution in [0.1, 0.15) is 56.0 Å². The number of carboxylic acid groups (broad SMARTS) is 1. The normalized spacial score (nSPS) is 16.3. The summed E-state index contributed by atoms with van der Waals surface area (Å²) in [4.78, 5) is 17.1. The lowest BCUT2D eigenvalue weighted by Crippen LogP contribution is -2.39. The fourth-order valence-electron chi connectivity index (χ4n) is 4.22. The van der Waals surface area contributed by atoms with Crippen LogP contribution in [-0.4, -0.2) is 21.7 Å². The van der Waals surface area contributed by atoms with E-state index >= 15 is 0 Å². The molecule has 1 aliphatic rings. The number of halogens is 1. The molecule has 30 heavy (non-hydrogen) atoms. The molecule has 0 saturated heterocycles. The highest BCUT2D eigenvalue weighted by atomic mass is 35.5. The van der Waals surface area contributed by atoms with Crippen LogP contribution in [0.3, 0.4) is 0 Å². The van der Waals surface area contributed by atoms with Crippen molar-refractivity contribution >= 4 is 28.5 Å². The van der Waals surface area contributed by atoms with Gasteiger partial charge in [-0.05, 0) is 74.4 Å². The summed E-state index contributed by atoms with van der Waals surface area (Å²) in [5, 5.41) is 11.6. The summed E-state index contributed by atoms with van der Waals surface area (Å²) in [6.07, 6.45) is 2.63. The topological polar surface area (TPSA) is 59.4 Å². The molecule has 0 amide bonds. The van der Waals surface area contributed by atoms with E-state index in [1.807, 2.05) is 38.1 Å². The van der Waals surface area contributed by atoms with Crippen LogP contribution >= 0.6 is 11.6 Å². The fourth-order valence-corrected chi connectivity index (χ4v) is 4.39. The number of rotatable bonds is 6. The molecular formula is C25H26ClNO3. The number of carboxylic acids is 1. The zero-order chi connectivity index (χ0) is 21.5. The summed E-state index contributed by atoms with van der Waals surface area (Å²) in [6.45, 7) is 5.96. The van der Waals surface area contributed by atoms with Gasteiger partial charge in [-0.2, -0.15) is 0 Å². The van der Waals surface area contributed by atoms with Gasteiger partial charge in [-0.15, -0.1) is 0 Å². The number of nitrogens with zero attached hydrogens (tertiary/aromatic N) is 1. The number of carbonyl (C=O) groups is 1. The summed E-state index contributed by atoms with van der Waals surface area (Å²) in [7, 11) is 0. The third-order valence-corrected chi connectivity index (χ3v) is 6.36. The zero-order valence-corrected chi connectivity index (χ0v) is 18.3. The summed E-state index contributed by atoms with van der Waals surface area (Å²) in [5.41, 5.74) is 4.63.